The molecule has 4 rings (SSSR count). The first-order valence-electron chi connectivity index (χ1n) is 8.81. The van der Waals surface area contributed by atoms with Crippen LogP contribution < -0.4 is 5.32 Å². The van der Waals surface area contributed by atoms with Crippen LogP contribution in [0.2, 0.25) is 0 Å². The fourth-order valence-electron chi connectivity index (χ4n) is 3.61. The third kappa shape index (κ3) is 3.30. The van der Waals surface area contributed by atoms with Crippen molar-refractivity contribution in [2.24, 2.45) is 0 Å². The lowest BCUT2D eigenvalue weighted by molar-refractivity contribution is -0.127. The van der Waals surface area contributed by atoms with Gasteiger partial charge in [0.1, 0.15) is 11.5 Å². The maximum atomic E-state index is 14.4. The van der Waals surface area contributed by atoms with Gasteiger partial charge in [-0.15, -0.1) is 10.2 Å². The van der Waals surface area contributed by atoms with E-state index in [0.29, 0.717) is 24.1 Å². The molecular formula is C19H18FN5O2. The Balaban J connectivity index is 1.50. The first-order chi connectivity index (χ1) is 13.2. The summed E-state index contributed by atoms with van der Waals surface area (Å²) in [7, 11) is 0. The number of amides is 1. The molecular weight excluding hydrogens is 349 g/mol. The van der Waals surface area contributed by atoms with Crippen molar-refractivity contribution in [3.8, 4) is 11.6 Å². The Hall–Kier alpha value is -3.16. The molecule has 1 aliphatic rings. The molecule has 0 bridgehead atoms. The minimum atomic E-state index is -0.848. The summed E-state index contributed by atoms with van der Waals surface area (Å²) in [6.45, 7) is 0.0717. The molecule has 0 saturated heterocycles. The highest BCUT2D eigenvalue weighted by Gasteiger charge is 2.44. The number of carbonyl (C=O) groups excluding carboxylic acids is 1. The molecule has 1 aromatic carbocycles. The number of carbonyl (C=O) groups is 1. The average Bonchev–Trinajstić information content (AvgIpc) is 3.38. The van der Waals surface area contributed by atoms with Gasteiger partial charge in [0.15, 0.2) is 0 Å². The van der Waals surface area contributed by atoms with Gasteiger partial charge in [-0.25, -0.2) is 9.37 Å². The molecule has 3 aromatic rings. The summed E-state index contributed by atoms with van der Waals surface area (Å²) < 4.78 is 19.9. The third-order valence-electron chi connectivity index (χ3n) is 4.93. The van der Waals surface area contributed by atoms with E-state index in [1.165, 1.54) is 18.5 Å². The minimum absolute atomic E-state index is 0.0717. The van der Waals surface area contributed by atoms with Gasteiger partial charge in [-0.05, 0) is 18.9 Å². The number of hydrogen-bond acceptors (Lipinski definition) is 6. The Morgan fingerprint density at radius 1 is 1.19 bits per heavy atom. The lowest BCUT2D eigenvalue weighted by atomic mass is 9.77. The zero-order valence-electron chi connectivity index (χ0n) is 14.6. The number of halogens is 1. The lowest BCUT2D eigenvalue weighted by Gasteiger charge is -2.28. The maximum absolute atomic E-state index is 14.4. The van der Waals surface area contributed by atoms with Crippen LogP contribution in [0.3, 0.4) is 0 Å². The maximum Gasteiger partial charge on any atom is 0.267 e. The van der Waals surface area contributed by atoms with E-state index in [2.05, 4.69) is 25.5 Å². The molecule has 0 unspecified atom stereocenters. The van der Waals surface area contributed by atoms with Crippen molar-refractivity contribution in [2.45, 2.75) is 37.6 Å². The Kier molecular flexibility index (Phi) is 4.62. The summed E-state index contributed by atoms with van der Waals surface area (Å²) in [4.78, 5) is 21.0. The van der Waals surface area contributed by atoms with Crippen LogP contribution >= 0.6 is 0 Å². The van der Waals surface area contributed by atoms with Gasteiger partial charge < -0.3 is 9.73 Å². The van der Waals surface area contributed by atoms with Crippen molar-refractivity contribution >= 4 is 5.91 Å². The van der Waals surface area contributed by atoms with E-state index in [4.69, 9.17) is 4.42 Å². The van der Waals surface area contributed by atoms with E-state index in [-0.39, 0.29) is 30.1 Å². The van der Waals surface area contributed by atoms with Crippen molar-refractivity contribution in [1.82, 2.24) is 25.5 Å². The molecule has 27 heavy (non-hydrogen) atoms. The molecule has 1 saturated carbocycles. The zero-order chi connectivity index (χ0) is 18.7. The van der Waals surface area contributed by atoms with Crippen molar-refractivity contribution in [2.75, 3.05) is 0 Å². The SMILES string of the molecule is O=C(NCc1nnc(-c2cnccn2)o1)C1(c2ccccc2F)CCCC1. The summed E-state index contributed by atoms with van der Waals surface area (Å²) in [5.74, 6) is -0.0793. The number of nitrogens with one attached hydrogen (secondary N) is 1. The van der Waals surface area contributed by atoms with Crippen LogP contribution in [-0.2, 0) is 16.8 Å². The fraction of sp³-hybridized carbons (Fsp3) is 0.316. The first-order valence-corrected chi connectivity index (χ1v) is 8.81. The van der Waals surface area contributed by atoms with Crippen LogP contribution in [0.25, 0.3) is 11.6 Å². The summed E-state index contributed by atoms with van der Waals surface area (Å²) in [6.07, 6.45) is 7.60. The molecule has 0 atom stereocenters. The molecule has 7 nitrogen and oxygen atoms in total. The predicted molar refractivity (Wildman–Crippen MR) is 93.7 cm³/mol. The van der Waals surface area contributed by atoms with Crippen LogP contribution in [0.5, 0.6) is 0 Å². The summed E-state index contributed by atoms with van der Waals surface area (Å²) in [6, 6.07) is 6.48. The minimum Gasteiger partial charge on any atom is -0.417 e. The molecule has 0 spiro atoms. The highest BCUT2D eigenvalue weighted by Crippen LogP contribution is 2.42. The topological polar surface area (TPSA) is 93.8 Å². The molecule has 2 aromatic heterocycles. The van der Waals surface area contributed by atoms with E-state index in [1.807, 2.05) is 0 Å². The Morgan fingerprint density at radius 3 is 2.74 bits per heavy atom. The molecule has 2 heterocycles. The van der Waals surface area contributed by atoms with Gasteiger partial charge in [0, 0.05) is 18.0 Å². The zero-order valence-corrected chi connectivity index (χ0v) is 14.6. The van der Waals surface area contributed by atoms with Crippen molar-refractivity contribution in [3.63, 3.8) is 0 Å². The van der Waals surface area contributed by atoms with Crippen LogP contribution in [-0.4, -0.2) is 26.1 Å². The van der Waals surface area contributed by atoms with Gasteiger partial charge in [0.05, 0.1) is 18.2 Å². The monoisotopic (exact) mass is 367 g/mol. The Labute approximate surface area is 155 Å². The van der Waals surface area contributed by atoms with Crippen LogP contribution in [0, 0.1) is 5.82 Å². The Bertz CT molecular complexity index is 938. The van der Waals surface area contributed by atoms with Gasteiger partial charge in [-0.2, -0.15) is 0 Å². The molecule has 1 amide bonds. The van der Waals surface area contributed by atoms with Gasteiger partial charge in [-0.1, -0.05) is 31.0 Å². The molecule has 8 heteroatoms. The average molecular weight is 367 g/mol. The predicted octanol–water partition coefficient (Wildman–Crippen LogP) is 2.79. The summed E-state index contributed by atoms with van der Waals surface area (Å²) in [5.41, 5.74) is 0.0611. The van der Waals surface area contributed by atoms with E-state index in [1.54, 1.807) is 24.4 Å². The number of nitrogens with zero attached hydrogens (tertiary/aromatic N) is 4. The van der Waals surface area contributed by atoms with Crippen molar-refractivity contribution in [1.29, 1.82) is 0 Å². The third-order valence-corrected chi connectivity index (χ3v) is 4.93. The summed E-state index contributed by atoms with van der Waals surface area (Å²) >= 11 is 0. The highest BCUT2D eigenvalue weighted by molar-refractivity contribution is 5.88. The molecule has 1 aliphatic carbocycles. The summed E-state index contributed by atoms with van der Waals surface area (Å²) in [5, 5.41) is 10.7. The van der Waals surface area contributed by atoms with Crippen LogP contribution in [0.15, 0.2) is 47.3 Å². The second kappa shape index (κ2) is 7.22. The smallest absolute Gasteiger partial charge is 0.267 e. The molecule has 0 radical (unpaired) electrons. The van der Waals surface area contributed by atoms with Gasteiger partial charge in [0.2, 0.25) is 11.8 Å². The van der Waals surface area contributed by atoms with Gasteiger partial charge in [-0.3, -0.25) is 9.78 Å². The van der Waals surface area contributed by atoms with Gasteiger partial charge >= 0.3 is 0 Å². The quantitative estimate of drug-likeness (QED) is 0.745. The second-order valence-electron chi connectivity index (χ2n) is 6.54. The van der Waals surface area contributed by atoms with Crippen molar-refractivity contribution < 1.29 is 13.6 Å². The Morgan fingerprint density at radius 2 is 2.00 bits per heavy atom. The number of benzene rings is 1. The number of rotatable bonds is 5. The second-order valence-corrected chi connectivity index (χ2v) is 6.54. The van der Waals surface area contributed by atoms with Crippen LogP contribution in [0.4, 0.5) is 4.39 Å². The number of hydrogen-bond donors (Lipinski definition) is 1. The number of aromatic nitrogens is 4. The first kappa shape index (κ1) is 17.3. The van der Waals surface area contributed by atoms with Crippen molar-refractivity contribution in [3.05, 3.63) is 60.1 Å². The lowest BCUT2D eigenvalue weighted by Crippen LogP contribution is -2.43. The van der Waals surface area contributed by atoms with Crippen LogP contribution in [0.1, 0.15) is 37.1 Å². The van der Waals surface area contributed by atoms with E-state index < -0.39 is 5.41 Å². The van der Waals surface area contributed by atoms with E-state index in [9.17, 15) is 9.18 Å². The van der Waals surface area contributed by atoms with E-state index >= 15 is 0 Å². The fourth-order valence-corrected chi connectivity index (χ4v) is 3.61. The van der Waals surface area contributed by atoms with Gasteiger partial charge in [0.25, 0.3) is 5.89 Å². The molecule has 0 aliphatic heterocycles. The van der Waals surface area contributed by atoms with E-state index in [0.717, 1.165) is 12.8 Å². The highest BCUT2D eigenvalue weighted by atomic mass is 19.1. The largest absolute Gasteiger partial charge is 0.417 e. The normalized spacial score (nSPS) is 15.6. The molecule has 1 fully saturated rings. The molecule has 1 N–H and O–H groups in total. The standard InChI is InChI=1S/C19H18FN5O2/c20-14-6-2-1-5-13(14)19(7-3-4-8-19)18(26)23-12-16-24-25-17(27-16)15-11-21-9-10-22-15/h1-2,5-6,9-11H,3-4,7-8,12H2,(H,23,26). The molecule has 138 valence electrons.